The van der Waals surface area contributed by atoms with E-state index in [9.17, 15) is 9.59 Å². The Morgan fingerprint density at radius 3 is 2.36 bits per heavy atom. The van der Waals surface area contributed by atoms with Gasteiger partial charge in [0, 0.05) is 5.02 Å². The SMILES string of the molecule is Cc1ccc(C2(C)NC(=O)N(CCOc3ccc(Cl)cc3)C2=O)cc1. The molecule has 0 saturated carbocycles. The topological polar surface area (TPSA) is 58.6 Å². The Labute approximate surface area is 151 Å². The summed E-state index contributed by atoms with van der Waals surface area (Å²) in [5.41, 5.74) is 0.806. The minimum absolute atomic E-state index is 0.175. The molecule has 3 rings (SSSR count). The molecule has 3 amide bonds. The molecular weight excluding hydrogens is 340 g/mol. The van der Waals surface area contributed by atoms with Crippen LogP contribution in [0, 0.1) is 6.92 Å². The van der Waals surface area contributed by atoms with Crippen LogP contribution < -0.4 is 10.1 Å². The molecule has 1 atom stereocenters. The maximum Gasteiger partial charge on any atom is 0.325 e. The number of rotatable bonds is 5. The van der Waals surface area contributed by atoms with Crippen LogP contribution in [0.1, 0.15) is 18.1 Å². The third-order valence-electron chi connectivity index (χ3n) is 4.30. The smallest absolute Gasteiger partial charge is 0.325 e. The highest BCUT2D eigenvalue weighted by Gasteiger charge is 2.48. The Balaban J connectivity index is 1.66. The third-order valence-corrected chi connectivity index (χ3v) is 4.55. The second-order valence-electron chi connectivity index (χ2n) is 6.18. The number of imide groups is 1. The molecule has 1 unspecified atom stereocenters. The molecule has 1 aliphatic rings. The van der Waals surface area contributed by atoms with E-state index >= 15 is 0 Å². The van der Waals surface area contributed by atoms with Gasteiger partial charge in [-0.05, 0) is 43.7 Å². The molecule has 6 heteroatoms. The molecule has 0 radical (unpaired) electrons. The summed E-state index contributed by atoms with van der Waals surface area (Å²) in [5, 5.41) is 3.41. The molecule has 1 saturated heterocycles. The maximum absolute atomic E-state index is 12.8. The Morgan fingerprint density at radius 2 is 1.72 bits per heavy atom. The number of amides is 3. The van der Waals surface area contributed by atoms with Crippen molar-refractivity contribution in [2.75, 3.05) is 13.2 Å². The van der Waals surface area contributed by atoms with Crippen molar-refractivity contribution in [2.24, 2.45) is 0 Å². The standard InChI is InChI=1S/C19H19ClN2O3/c1-13-3-5-14(6-4-13)19(2)17(23)22(18(24)21-19)11-12-25-16-9-7-15(20)8-10-16/h3-10H,11-12H2,1-2H3,(H,21,24). The minimum Gasteiger partial charge on any atom is -0.492 e. The highest BCUT2D eigenvalue weighted by molar-refractivity contribution is 6.30. The van der Waals surface area contributed by atoms with Crippen LogP contribution in [0.3, 0.4) is 0 Å². The van der Waals surface area contributed by atoms with Crippen molar-refractivity contribution < 1.29 is 14.3 Å². The molecule has 0 aromatic heterocycles. The lowest BCUT2D eigenvalue weighted by Gasteiger charge is -2.22. The van der Waals surface area contributed by atoms with E-state index in [0.717, 1.165) is 11.1 Å². The number of carbonyl (C=O) groups is 2. The number of ether oxygens (including phenoxy) is 1. The summed E-state index contributed by atoms with van der Waals surface area (Å²) < 4.78 is 5.58. The zero-order valence-electron chi connectivity index (χ0n) is 14.1. The largest absolute Gasteiger partial charge is 0.492 e. The number of carbonyl (C=O) groups excluding carboxylic acids is 2. The van der Waals surface area contributed by atoms with E-state index in [1.54, 1.807) is 31.2 Å². The predicted molar refractivity (Wildman–Crippen MR) is 95.7 cm³/mol. The Morgan fingerprint density at radius 1 is 1.08 bits per heavy atom. The number of hydrogen-bond acceptors (Lipinski definition) is 3. The van der Waals surface area contributed by atoms with Crippen LogP contribution in [-0.2, 0) is 10.3 Å². The summed E-state index contributed by atoms with van der Waals surface area (Å²) in [4.78, 5) is 26.2. The molecule has 1 fully saturated rings. The van der Waals surface area contributed by atoms with Gasteiger partial charge in [-0.25, -0.2) is 4.79 Å². The summed E-state index contributed by atoms with van der Waals surface area (Å²) in [7, 11) is 0. The van der Waals surface area contributed by atoms with Crippen molar-refractivity contribution in [3.05, 3.63) is 64.7 Å². The van der Waals surface area contributed by atoms with Crippen LogP contribution in [0.5, 0.6) is 5.75 Å². The van der Waals surface area contributed by atoms with Gasteiger partial charge in [0.1, 0.15) is 17.9 Å². The van der Waals surface area contributed by atoms with E-state index < -0.39 is 11.6 Å². The van der Waals surface area contributed by atoms with Gasteiger partial charge in [0.05, 0.1) is 6.54 Å². The van der Waals surface area contributed by atoms with E-state index in [2.05, 4.69) is 5.32 Å². The number of nitrogens with zero attached hydrogens (tertiary/aromatic N) is 1. The van der Waals surface area contributed by atoms with Crippen LogP contribution in [0.25, 0.3) is 0 Å². The molecule has 25 heavy (non-hydrogen) atoms. The normalized spacial score (nSPS) is 19.9. The molecule has 130 valence electrons. The quantitative estimate of drug-likeness (QED) is 0.832. The molecule has 2 aromatic carbocycles. The van der Waals surface area contributed by atoms with Crippen molar-refractivity contribution in [1.82, 2.24) is 10.2 Å². The van der Waals surface area contributed by atoms with Gasteiger partial charge in [0.15, 0.2) is 0 Å². The fourth-order valence-electron chi connectivity index (χ4n) is 2.77. The fraction of sp³-hybridized carbons (Fsp3) is 0.263. The van der Waals surface area contributed by atoms with Gasteiger partial charge in [0.2, 0.25) is 0 Å². The minimum atomic E-state index is -1.05. The molecule has 1 aliphatic heterocycles. The fourth-order valence-corrected chi connectivity index (χ4v) is 2.89. The van der Waals surface area contributed by atoms with Crippen molar-refractivity contribution in [2.45, 2.75) is 19.4 Å². The molecule has 1 heterocycles. The second-order valence-corrected chi connectivity index (χ2v) is 6.62. The number of nitrogens with one attached hydrogen (secondary N) is 1. The van der Waals surface area contributed by atoms with E-state index in [0.29, 0.717) is 10.8 Å². The molecular formula is C19H19ClN2O3. The summed E-state index contributed by atoms with van der Waals surface area (Å²) in [6.45, 7) is 4.08. The van der Waals surface area contributed by atoms with Gasteiger partial charge in [-0.15, -0.1) is 0 Å². The molecule has 0 spiro atoms. The number of benzene rings is 2. The molecule has 2 aromatic rings. The maximum atomic E-state index is 12.8. The van der Waals surface area contributed by atoms with Crippen molar-refractivity contribution in [1.29, 1.82) is 0 Å². The van der Waals surface area contributed by atoms with Gasteiger partial charge in [0.25, 0.3) is 5.91 Å². The number of urea groups is 1. The Kier molecular flexibility index (Phi) is 4.68. The molecule has 5 nitrogen and oxygen atoms in total. The van der Waals surface area contributed by atoms with Gasteiger partial charge < -0.3 is 10.1 Å². The third kappa shape index (κ3) is 3.46. The predicted octanol–water partition coefficient (Wildman–Crippen LogP) is 3.49. The first-order valence-corrected chi connectivity index (χ1v) is 8.37. The summed E-state index contributed by atoms with van der Waals surface area (Å²) in [6.07, 6.45) is 0. The molecule has 0 aliphatic carbocycles. The lowest BCUT2D eigenvalue weighted by molar-refractivity contribution is -0.131. The van der Waals surface area contributed by atoms with Crippen LogP contribution in [0.4, 0.5) is 4.79 Å². The van der Waals surface area contributed by atoms with E-state index in [-0.39, 0.29) is 19.1 Å². The van der Waals surface area contributed by atoms with Crippen molar-refractivity contribution in [3.8, 4) is 5.75 Å². The van der Waals surface area contributed by atoms with Crippen LogP contribution in [0.2, 0.25) is 5.02 Å². The highest BCUT2D eigenvalue weighted by Crippen LogP contribution is 2.29. The average Bonchev–Trinajstić information content (AvgIpc) is 2.81. The van der Waals surface area contributed by atoms with Crippen LogP contribution in [-0.4, -0.2) is 30.0 Å². The van der Waals surface area contributed by atoms with Gasteiger partial charge in [-0.2, -0.15) is 0 Å². The lowest BCUT2D eigenvalue weighted by atomic mass is 9.91. The lowest BCUT2D eigenvalue weighted by Crippen LogP contribution is -2.41. The highest BCUT2D eigenvalue weighted by atomic mass is 35.5. The van der Waals surface area contributed by atoms with Gasteiger partial charge in [-0.1, -0.05) is 41.4 Å². The zero-order chi connectivity index (χ0) is 18.0. The van der Waals surface area contributed by atoms with Gasteiger partial charge >= 0.3 is 6.03 Å². The number of aryl methyl sites for hydroxylation is 1. The Hall–Kier alpha value is -2.53. The number of halogens is 1. The molecule has 1 N–H and O–H groups in total. The molecule has 0 bridgehead atoms. The zero-order valence-corrected chi connectivity index (χ0v) is 14.8. The summed E-state index contributed by atoms with van der Waals surface area (Å²) in [5.74, 6) is 0.360. The monoisotopic (exact) mass is 358 g/mol. The number of hydrogen-bond donors (Lipinski definition) is 1. The van der Waals surface area contributed by atoms with Crippen LogP contribution >= 0.6 is 11.6 Å². The van der Waals surface area contributed by atoms with Gasteiger partial charge in [-0.3, -0.25) is 9.69 Å². The van der Waals surface area contributed by atoms with E-state index in [4.69, 9.17) is 16.3 Å². The summed E-state index contributed by atoms with van der Waals surface area (Å²) in [6, 6.07) is 14.1. The second kappa shape index (κ2) is 6.76. The first kappa shape index (κ1) is 17.3. The van der Waals surface area contributed by atoms with Crippen LogP contribution in [0.15, 0.2) is 48.5 Å². The average molecular weight is 359 g/mol. The first-order valence-electron chi connectivity index (χ1n) is 8.00. The van der Waals surface area contributed by atoms with E-state index in [1.807, 2.05) is 31.2 Å². The van der Waals surface area contributed by atoms with E-state index in [1.165, 1.54) is 4.90 Å². The van der Waals surface area contributed by atoms with Crippen molar-refractivity contribution in [3.63, 3.8) is 0 Å². The van der Waals surface area contributed by atoms with Crippen molar-refractivity contribution >= 4 is 23.5 Å². The Bertz CT molecular complexity index is 789. The summed E-state index contributed by atoms with van der Waals surface area (Å²) >= 11 is 5.83. The first-order chi connectivity index (χ1) is 11.9.